The van der Waals surface area contributed by atoms with Gasteiger partial charge in [0.15, 0.2) is 15.4 Å². The third kappa shape index (κ3) is 3.07. The zero-order valence-corrected chi connectivity index (χ0v) is 16.5. The van der Waals surface area contributed by atoms with Crippen LogP contribution in [0.4, 0.5) is 0 Å². The van der Waals surface area contributed by atoms with Crippen molar-refractivity contribution in [3.63, 3.8) is 0 Å². The Hall–Kier alpha value is -3.19. The number of hydrogen-bond acceptors (Lipinski definition) is 5. The molecule has 3 aromatic heterocycles. The molecule has 146 valence electrons. The quantitative estimate of drug-likeness (QED) is 0.515. The third-order valence-corrected chi connectivity index (χ3v) is 7.48. The van der Waals surface area contributed by atoms with Gasteiger partial charge >= 0.3 is 0 Å². The van der Waals surface area contributed by atoms with Gasteiger partial charge in [-0.05, 0) is 42.7 Å². The topological polar surface area (TPSA) is 82.2 Å². The molecule has 0 amide bonds. The van der Waals surface area contributed by atoms with E-state index in [-0.39, 0.29) is 10.8 Å². The highest BCUT2D eigenvalue weighted by Crippen LogP contribution is 2.37. The van der Waals surface area contributed by atoms with Crippen LogP contribution in [0.25, 0.3) is 33.6 Å². The van der Waals surface area contributed by atoms with Crippen molar-refractivity contribution in [2.45, 2.75) is 23.0 Å². The highest BCUT2D eigenvalue weighted by molar-refractivity contribution is 7.92. The van der Waals surface area contributed by atoms with Crippen molar-refractivity contribution in [3.05, 3.63) is 71.3 Å². The average Bonchev–Trinajstić information content (AvgIpc) is 3.49. The number of rotatable bonds is 4. The highest BCUT2D eigenvalue weighted by Gasteiger charge is 2.36. The molecule has 29 heavy (non-hydrogen) atoms. The minimum absolute atomic E-state index is 0.0997. The van der Waals surface area contributed by atoms with Gasteiger partial charge < -0.3 is 8.98 Å². The Kier molecular flexibility index (Phi) is 3.96. The number of hydrogen-bond donors (Lipinski definition) is 0. The van der Waals surface area contributed by atoms with Gasteiger partial charge in [-0.3, -0.25) is 9.78 Å². The van der Waals surface area contributed by atoms with Crippen molar-refractivity contribution in [3.8, 4) is 22.5 Å². The fourth-order valence-corrected chi connectivity index (χ4v) is 5.16. The van der Waals surface area contributed by atoms with E-state index in [1.165, 1.54) is 10.6 Å². The van der Waals surface area contributed by atoms with Crippen molar-refractivity contribution in [2.75, 3.05) is 0 Å². The Labute approximate surface area is 167 Å². The lowest BCUT2D eigenvalue weighted by atomic mass is 10.1. The Morgan fingerprint density at radius 1 is 1.07 bits per heavy atom. The fourth-order valence-electron chi connectivity index (χ4n) is 3.46. The number of pyridine rings is 2. The first-order valence-corrected chi connectivity index (χ1v) is 10.9. The summed E-state index contributed by atoms with van der Waals surface area (Å²) in [4.78, 5) is 16.4. The molecule has 5 rings (SSSR count). The van der Waals surface area contributed by atoms with E-state index in [1.807, 2.05) is 18.2 Å². The SMILES string of the molecule is Cn1cc(-c2cc3nccc(-c4cccc(S(=O)(=O)C5CC5)c4)c3o2)ccc1=O. The number of sulfone groups is 1. The molecule has 0 unspecified atom stereocenters. The molecule has 0 aliphatic heterocycles. The molecule has 0 radical (unpaired) electrons. The van der Waals surface area contributed by atoms with Crippen LogP contribution in [0.5, 0.6) is 0 Å². The van der Waals surface area contributed by atoms with Gasteiger partial charge in [0, 0.05) is 42.7 Å². The molecule has 1 fully saturated rings. The second-order valence-corrected chi connectivity index (χ2v) is 9.55. The zero-order chi connectivity index (χ0) is 20.2. The normalized spacial score (nSPS) is 14.4. The van der Waals surface area contributed by atoms with Crippen LogP contribution in [0.1, 0.15) is 12.8 Å². The van der Waals surface area contributed by atoms with Crippen LogP contribution in [0, 0.1) is 0 Å². The van der Waals surface area contributed by atoms with Crippen molar-refractivity contribution < 1.29 is 12.8 Å². The fraction of sp³-hybridized carbons (Fsp3) is 0.182. The lowest BCUT2D eigenvalue weighted by Gasteiger charge is -2.07. The van der Waals surface area contributed by atoms with Crippen LogP contribution in [-0.4, -0.2) is 23.2 Å². The largest absolute Gasteiger partial charge is 0.454 e. The molecule has 0 N–H and O–H groups in total. The van der Waals surface area contributed by atoms with Crippen LogP contribution in [0.3, 0.4) is 0 Å². The highest BCUT2D eigenvalue weighted by atomic mass is 32.2. The molecular formula is C22H18N2O4S. The van der Waals surface area contributed by atoms with Crippen molar-refractivity contribution in [1.29, 1.82) is 0 Å². The molecule has 3 heterocycles. The summed E-state index contributed by atoms with van der Waals surface area (Å²) in [5, 5.41) is -0.254. The monoisotopic (exact) mass is 406 g/mol. The molecule has 0 spiro atoms. The molecule has 1 aliphatic rings. The Morgan fingerprint density at radius 2 is 1.90 bits per heavy atom. The van der Waals surface area contributed by atoms with Gasteiger partial charge in [0.25, 0.3) is 0 Å². The van der Waals surface area contributed by atoms with Crippen LogP contribution >= 0.6 is 0 Å². The second-order valence-electron chi connectivity index (χ2n) is 7.32. The van der Waals surface area contributed by atoms with E-state index in [4.69, 9.17) is 4.42 Å². The van der Waals surface area contributed by atoms with Gasteiger partial charge in [-0.15, -0.1) is 0 Å². The molecule has 0 saturated heterocycles. The number of aryl methyl sites for hydroxylation is 1. The maximum Gasteiger partial charge on any atom is 0.250 e. The minimum atomic E-state index is -3.27. The Balaban J connectivity index is 1.64. The molecule has 1 aromatic carbocycles. The lowest BCUT2D eigenvalue weighted by molar-refractivity contribution is 0.595. The zero-order valence-electron chi connectivity index (χ0n) is 15.7. The smallest absolute Gasteiger partial charge is 0.250 e. The lowest BCUT2D eigenvalue weighted by Crippen LogP contribution is -2.13. The number of benzene rings is 1. The summed E-state index contributed by atoms with van der Waals surface area (Å²) < 4.78 is 32.8. The van der Waals surface area contributed by atoms with Crippen molar-refractivity contribution in [1.82, 2.24) is 9.55 Å². The summed E-state index contributed by atoms with van der Waals surface area (Å²) in [6.45, 7) is 0. The predicted octanol–water partition coefficient (Wildman–Crippen LogP) is 3.80. The number of furan rings is 1. The van der Waals surface area contributed by atoms with Crippen LogP contribution in [0.15, 0.2) is 75.0 Å². The minimum Gasteiger partial charge on any atom is -0.454 e. The van der Waals surface area contributed by atoms with Gasteiger partial charge in [0.1, 0.15) is 11.3 Å². The van der Waals surface area contributed by atoms with E-state index in [1.54, 1.807) is 43.7 Å². The first-order chi connectivity index (χ1) is 13.9. The van der Waals surface area contributed by atoms with E-state index in [0.29, 0.717) is 21.8 Å². The number of nitrogens with zero attached hydrogens (tertiary/aromatic N) is 2. The third-order valence-electron chi connectivity index (χ3n) is 5.22. The van der Waals surface area contributed by atoms with E-state index >= 15 is 0 Å². The van der Waals surface area contributed by atoms with E-state index < -0.39 is 9.84 Å². The standard InChI is InChI=1S/C22H18N2O4S/c1-24-13-15(5-8-21(24)25)20-12-19-22(28-20)18(9-10-23-19)14-3-2-4-17(11-14)29(26,27)16-6-7-16/h2-5,8-13,16H,6-7H2,1H3. The molecule has 0 bridgehead atoms. The average molecular weight is 406 g/mol. The number of fused-ring (bicyclic) bond motifs is 1. The van der Waals surface area contributed by atoms with Gasteiger partial charge in [-0.1, -0.05) is 12.1 Å². The summed E-state index contributed by atoms with van der Waals surface area (Å²) in [7, 11) is -1.59. The molecule has 0 atom stereocenters. The molecular weight excluding hydrogens is 388 g/mol. The summed E-state index contributed by atoms with van der Waals surface area (Å²) in [5.41, 5.74) is 3.46. The van der Waals surface area contributed by atoms with E-state index in [9.17, 15) is 13.2 Å². The van der Waals surface area contributed by atoms with Gasteiger partial charge in [-0.25, -0.2) is 8.42 Å². The predicted molar refractivity (Wildman–Crippen MR) is 110 cm³/mol. The van der Waals surface area contributed by atoms with E-state index in [2.05, 4.69) is 4.98 Å². The summed E-state index contributed by atoms with van der Waals surface area (Å²) in [6, 6.07) is 13.8. The first kappa shape index (κ1) is 17.9. The molecule has 1 saturated carbocycles. The summed E-state index contributed by atoms with van der Waals surface area (Å²) in [5.74, 6) is 0.595. The van der Waals surface area contributed by atoms with Gasteiger partial charge in [0.2, 0.25) is 5.56 Å². The molecule has 7 heteroatoms. The van der Waals surface area contributed by atoms with Crippen LogP contribution < -0.4 is 5.56 Å². The molecule has 6 nitrogen and oxygen atoms in total. The Bertz CT molecular complexity index is 1410. The van der Waals surface area contributed by atoms with Crippen LogP contribution in [-0.2, 0) is 16.9 Å². The summed E-state index contributed by atoms with van der Waals surface area (Å²) >= 11 is 0. The van der Waals surface area contributed by atoms with Crippen molar-refractivity contribution in [2.24, 2.45) is 7.05 Å². The summed E-state index contributed by atoms with van der Waals surface area (Å²) in [6.07, 6.45) is 4.85. The van der Waals surface area contributed by atoms with E-state index in [0.717, 1.165) is 29.5 Å². The number of aromatic nitrogens is 2. The maximum atomic E-state index is 12.6. The Morgan fingerprint density at radius 3 is 2.66 bits per heavy atom. The van der Waals surface area contributed by atoms with Crippen molar-refractivity contribution >= 4 is 20.9 Å². The first-order valence-electron chi connectivity index (χ1n) is 9.33. The van der Waals surface area contributed by atoms with Gasteiger partial charge in [-0.2, -0.15) is 0 Å². The molecule has 4 aromatic rings. The maximum absolute atomic E-state index is 12.6. The molecule has 1 aliphatic carbocycles. The second kappa shape index (κ2) is 6.42. The van der Waals surface area contributed by atoms with Gasteiger partial charge in [0.05, 0.1) is 10.1 Å². The van der Waals surface area contributed by atoms with Crippen LogP contribution in [0.2, 0.25) is 0 Å².